The van der Waals surface area contributed by atoms with E-state index in [1.54, 1.807) is 11.8 Å². The highest BCUT2D eigenvalue weighted by Crippen LogP contribution is 1.84. The van der Waals surface area contributed by atoms with E-state index in [-0.39, 0.29) is 5.91 Å². The number of amides is 1. The predicted molar refractivity (Wildman–Crippen MR) is 58.0 cm³/mol. The number of carboxylic acids is 2. The van der Waals surface area contributed by atoms with Crippen LogP contribution in [-0.2, 0) is 14.4 Å². The average Bonchev–Trinajstić information content (AvgIpc) is 2.17. The Morgan fingerprint density at radius 1 is 1.00 bits per heavy atom. The van der Waals surface area contributed by atoms with Crippen molar-refractivity contribution in [2.45, 2.75) is 20.8 Å². The molecule has 0 unspecified atom stereocenters. The molecule has 0 aliphatic carbocycles. The molecule has 0 bridgehead atoms. The number of nitrogens with zero attached hydrogens (tertiary/aromatic N) is 1. The van der Waals surface area contributed by atoms with Crippen LogP contribution >= 0.6 is 0 Å². The van der Waals surface area contributed by atoms with E-state index in [0.717, 1.165) is 13.1 Å². The van der Waals surface area contributed by atoms with E-state index in [2.05, 4.69) is 0 Å². The first-order chi connectivity index (χ1) is 7.34. The monoisotopic (exact) mass is 231 g/mol. The largest absolute Gasteiger partial charge is 0.478 e. The highest BCUT2D eigenvalue weighted by Gasteiger charge is 1.99. The molecule has 6 heteroatoms. The maximum absolute atomic E-state index is 10.5. The number of hydrogen-bond acceptors (Lipinski definition) is 3. The van der Waals surface area contributed by atoms with Gasteiger partial charge in [-0.3, -0.25) is 4.79 Å². The lowest BCUT2D eigenvalue weighted by Crippen LogP contribution is -2.27. The van der Waals surface area contributed by atoms with Gasteiger partial charge in [0.1, 0.15) is 0 Å². The Balaban J connectivity index is 0. The smallest absolute Gasteiger partial charge is 0.328 e. The summed E-state index contributed by atoms with van der Waals surface area (Å²) in [5, 5.41) is 15.6. The number of aliphatic carboxylic acids is 2. The molecule has 0 aliphatic rings. The van der Waals surface area contributed by atoms with Crippen LogP contribution < -0.4 is 0 Å². The third kappa shape index (κ3) is 12.2. The predicted octanol–water partition coefficient (Wildman–Crippen LogP) is 0.586. The topological polar surface area (TPSA) is 94.9 Å². The van der Waals surface area contributed by atoms with Crippen molar-refractivity contribution in [3.05, 3.63) is 12.2 Å². The lowest BCUT2D eigenvalue weighted by atomic mass is 10.5. The standard InChI is InChI=1S/C6H13NO.C4H4O4/c1-4-7(5-2)6(3)8;5-3(6)1-2-4(7)8/h4-5H2,1-3H3;1-2H,(H,5,6)(H,7,8)/b;2-1-. The molecule has 0 aliphatic heterocycles. The Morgan fingerprint density at radius 2 is 1.31 bits per heavy atom. The summed E-state index contributed by atoms with van der Waals surface area (Å²) in [6, 6.07) is 0. The zero-order valence-electron chi connectivity index (χ0n) is 9.64. The molecule has 2 N–H and O–H groups in total. The van der Waals surface area contributed by atoms with E-state index in [1.807, 2.05) is 13.8 Å². The molecule has 0 fully saturated rings. The Kier molecular flexibility index (Phi) is 10.0. The Morgan fingerprint density at radius 3 is 1.38 bits per heavy atom. The maximum atomic E-state index is 10.5. The van der Waals surface area contributed by atoms with Gasteiger partial charge in [-0.25, -0.2) is 9.59 Å². The van der Waals surface area contributed by atoms with Crippen LogP contribution in [0.5, 0.6) is 0 Å². The summed E-state index contributed by atoms with van der Waals surface area (Å²) in [7, 11) is 0. The maximum Gasteiger partial charge on any atom is 0.328 e. The molecule has 0 spiro atoms. The summed E-state index contributed by atoms with van der Waals surface area (Å²) >= 11 is 0. The first-order valence-electron chi connectivity index (χ1n) is 4.74. The molecule has 92 valence electrons. The molecule has 0 aromatic carbocycles. The molecular weight excluding hydrogens is 214 g/mol. The van der Waals surface area contributed by atoms with Gasteiger partial charge in [-0.15, -0.1) is 0 Å². The molecule has 0 saturated heterocycles. The first-order valence-corrected chi connectivity index (χ1v) is 4.74. The van der Waals surface area contributed by atoms with Gasteiger partial charge in [0.05, 0.1) is 0 Å². The fourth-order valence-electron chi connectivity index (χ4n) is 0.812. The minimum atomic E-state index is -1.26. The Hall–Kier alpha value is -1.85. The van der Waals surface area contributed by atoms with Crippen molar-refractivity contribution in [2.24, 2.45) is 0 Å². The molecule has 0 rings (SSSR count). The van der Waals surface area contributed by atoms with E-state index in [1.165, 1.54) is 0 Å². The van der Waals surface area contributed by atoms with E-state index in [4.69, 9.17) is 10.2 Å². The Bertz CT molecular complexity index is 252. The second-order valence-electron chi connectivity index (χ2n) is 2.70. The number of carbonyl (C=O) groups excluding carboxylic acids is 1. The lowest BCUT2D eigenvalue weighted by molar-refractivity contribution is -0.134. The van der Waals surface area contributed by atoms with Crippen LogP contribution in [0.2, 0.25) is 0 Å². The van der Waals surface area contributed by atoms with Gasteiger partial charge >= 0.3 is 11.9 Å². The second kappa shape index (κ2) is 9.70. The van der Waals surface area contributed by atoms with E-state index < -0.39 is 11.9 Å². The van der Waals surface area contributed by atoms with Crippen LogP contribution in [0.3, 0.4) is 0 Å². The fraction of sp³-hybridized carbons (Fsp3) is 0.500. The van der Waals surface area contributed by atoms with Gasteiger partial charge in [0.2, 0.25) is 5.91 Å². The van der Waals surface area contributed by atoms with Crippen LogP contribution in [0, 0.1) is 0 Å². The average molecular weight is 231 g/mol. The van der Waals surface area contributed by atoms with Gasteiger partial charge in [0, 0.05) is 32.2 Å². The van der Waals surface area contributed by atoms with Gasteiger partial charge in [0.15, 0.2) is 0 Å². The van der Waals surface area contributed by atoms with Gasteiger partial charge < -0.3 is 15.1 Å². The number of carbonyl (C=O) groups is 3. The molecule has 0 aromatic heterocycles. The molecule has 0 heterocycles. The summed E-state index contributed by atoms with van der Waals surface area (Å²) < 4.78 is 0. The molecule has 6 nitrogen and oxygen atoms in total. The van der Waals surface area contributed by atoms with E-state index in [9.17, 15) is 14.4 Å². The van der Waals surface area contributed by atoms with Gasteiger partial charge in [0.25, 0.3) is 0 Å². The molecule has 0 aromatic rings. The minimum absolute atomic E-state index is 0.162. The van der Waals surface area contributed by atoms with Crippen LogP contribution in [-0.4, -0.2) is 46.0 Å². The van der Waals surface area contributed by atoms with Crippen molar-refractivity contribution in [1.29, 1.82) is 0 Å². The van der Waals surface area contributed by atoms with Crippen molar-refractivity contribution in [3.63, 3.8) is 0 Å². The molecule has 16 heavy (non-hydrogen) atoms. The van der Waals surface area contributed by atoms with Crippen LogP contribution in [0.1, 0.15) is 20.8 Å². The van der Waals surface area contributed by atoms with Gasteiger partial charge in [-0.05, 0) is 13.8 Å². The first kappa shape index (κ1) is 16.6. The molecular formula is C10H17NO5. The van der Waals surface area contributed by atoms with E-state index >= 15 is 0 Å². The highest BCUT2D eigenvalue weighted by atomic mass is 16.4. The number of carboxylic acid groups (broad SMARTS) is 2. The zero-order chi connectivity index (χ0) is 13.1. The highest BCUT2D eigenvalue weighted by molar-refractivity contribution is 5.89. The van der Waals surface area contributed by atoms with Crippen molar-refractivity contribution in [3.8, 4) is 0 Å². The van der Waals surface area contributed by atoms with Crippen molar-refractivity contribution in [2.75, 3.05) is 13.1 Å². The SMILES string of the molecule is CCN(CC)C(C)=O.O=C(O)/C=C\C(=O)O. The second-order valence-corrected chi connectivity index (χ2v) is 2.70. The zero-order valence-corrected chi connectivity index (χ0v) is 9.64. The lowest BCUT2D eigenvalue weighted by Gasteiger charge is -2.14. The van der Waals surface area contributed by atoms with Gasteiger partial charge in [-0.1, -0.05) is 0 Å². The van der Waals surface area contributed by atoms with Crippen molar-refractivity contribution in [1.82, 2.24) is 4.90 Å². The van der Waals surface area contributed by atoms with E-state index in [0.29, 0.717) is 12.2 Å². The third-order valence-electron chi connectivity index (χ3n) is 1.58. The van der Waals surface area contributed by atoms with Crippen LogP contribution in [0.15, 0.2) is 12.2 Å². The molecule has 0 saturated carbocycles. The van der Waals surface area contributed by atoms with Gasteiger partial charge in [-0.2, -0.15) is 0 Å². The van der Waals surface area contributed by atoms with Crippen molar-refractivity contribution < 1.29 is 24.6 Å². The summed E-state index contributed by atoms with van der Waals surface area (Å²) in [6.07, 6.45) is 1.12. The quantitative estimate of drug-likeness (QED) is 0.690. The van der Waals surface area contributed by atoms with Crippen LogP contribution in [0.4, 0.5) is 0 Å². The minimum Gasteiger partial charge on any atom is -0.478 e. The number of hydrogen-bond donors (Lipinski definition) is 2. The summed E-state index contributed by atoms with van der Waals surface area (Å²) in [5.74, 6) is -2.35. The summed E-state index contributed by atoms with van der Waals surface area (Å²) in [5.41, 5.74) is 0. The fourth-order valence-corrected chi connectivity index (χ4v) is 0.812. The number of rotatable bonds is 4. The normalized spacial score (nSPS) is 9.19. The molecule has 1 amide bonds. The molecule has 0 radical (unpaired) electrons. The third-order valence-corrected chi connectivity index (χ3v) is 1.58. The van der Waals surface area contributed by atoms with Crippen molar-refractivity contribution >= 4 is 17.8 Å². The van der Waals surface area contributed by atoms with Crippen LogP contribution in [0.25, 0.3) is 0 Å². The summed E-state index contributed by atoms with van der Waals surface area (Å²) in [4.78, 5) is 31.4. The Labute approximate surface area is 94.2 Å². The summed E-state index contributed by atoms with van der Waals surface area (Å²) in [6.45, 7) is 7.19. The molecule has 0 atom stereocenters.